The van der Waals surface area contributed by atoms with E-state index in [9.17, 15) is 13.2 Å². The van der Waals surface area contributed by atoms with E-state index in [1.54, 1.807) is 0 Å². The molecule has 0 aromatic heterocycles. The molecular formula is C8H15NO5S. The van der Waals surface area contributed by atoms with Gasteiger partial charge in [0, 0.05) is 12.6 Å². The van der Waals surface area contributed by atoms with E-state index in [4.69, 9.17) is 5.11 Å². The van der Waals surface area contributed by atoms with Gasteiger partial charge in [-0.1, -0.05) is 0 Å². The molecule has 0 aromatic carbocycles. The summed E-state index contributed by atoms with van der Waals surface area (Å²) in [6.45, 7) is 0.158. The fourth-order valence-electron chi connectivity index (χ4n) is 1.65. The summed E-state index contributed by atoms with van der Waals surface area (Å²) in [7, 11) is -2.49. The van der Waals surface area contributed by atoms with E-state index >= 15 is 0 Å². The van der Waals surface area contributed by atoms with Crippen molar-refractivity contribution in [3.63, 3.8) is 0 Å². The van der Waals surface area contributed by atoms with E-state index in [1.807, 2.05) is 0 Å². The van der Waals surface area contributed by atoms with Crippen molar-refractivity contribution in [2.75, 3.05) is 26.0 Å². The molecule has 1 atom stereocenters. The smallest absolute Gasteiger partial charge is 0.322 e. The Morgan fingerprint density at radius 2 is 2.27 bits per heavy atom. The second-order valence-electron chi connectivity index (χ2n) is 3.42. The average Bonchev–Trinajstić information content (AvgIpc) is 2.65. The first-order valence-electron chi connectivity index (χ1n) is 4.68. The van der Waals surface area contributed by atoms with Gasteiger partial charge in [-0.05, 0) is 12.8 Å². The molecule has 0 bridgehead atoms. The minimum atomic E-state index is -3.63. The molecule has 0 amide bonds. The molecule has 1 aliphatic rings. The molecule has 0 aliphatic carbocycles. The Kier molecular flexibility index (Phi) is 4.06. The zero-order chi connectivity index (χ0) is 11.5. The van der Waals surface area contributed by atoms with Gasteiger partial charge in [-0.2, -0.15) is 4.31 Å². The highest BCUT2D eigenvalue weighted by Crippen LogP contribution is 2.20. The van der Waals surface area contributed by atoms with Crippen molar-refractivity contribution < 1.29 is 23.1 Å². The van der Waals surface area contributed by atoms with E-state index in [2.05, 4.69) is 4.74 Å². The lowest BCUT2D eigenvalue weighted by Gasteiger charge is -2.21. The number of ether oxygens (including phenoxy) is 1. The summed E-state index contributed by atoms with van der Waals surface area (Å²) in [4.78, 5) is 10.9. The summed E-state index contributed by atoms with van der Waals surface area (Å²) in [6, 6.07) is -0.389. The molecule has 7 heteroatoms. The lowest BCUT2D eigenvalue weighted by molar-refractivity contribution is -0.137. The molecule has 1 aliphatic heterocycles. The number of aliphatic hydroxyl groups is 1. The average molecular weight is 237 g/mol. The summed E-state index contributed by atoms with van der Waals surface area (Å²) in [5.74, 6) is -1.43. The largest absolute Gasteiger partial charge is 0.468 e. The highest BCUT2D eigenvalue weighted by atomic mass is 32.2. The minimum absolute atomic E-state index is 0.208. The highest BCUT2D eigenvalue weighted by Gasteiger charge is 2.35. The van der Waals surface area contributed by atoms with Crippen LogP contribution in [0.2, 0.25) is 0 Å². The van der Waals surface area contributed by atoms with Gasteiger partial charge in [0.15, 0.2) is 5.75 Å². The normalized spacial score (nSPS) is 22.9. The molecule has 1 N–H and O–H groups in total. The monoisotopic (exact) mass is 237 g/mol. The number of nitrogens with zero attached hydrogens (tertiary/aromatic N) is 1. The molecular weight excluding hydrogens is 222 g/mol. The number of rotatable bonds is 4. The van der Waals surface area contributed by atoms with Gasteiger partial charge in [0.2, 0.25) is 10.0 Å². The fourth-order valence-corrected chi connectivity index (χ4v) is 3.26. The lowest BCUT2D eigenvalue weighted by Crippen LogP contribution is -2.40. The summed E-state index contributed by atoms with van der Waals surface area (Å²) in [5.41, 5.74) is 0. The van der Waals surface area contributed by atoms with Gasteiger partial charge in [-0.3, -0.25) is 4.79 Å². The molecule has 15 heavy (non-hydrogen) atoms. The van der Waals surface area contributed by atoms with Gasteiger partial charge in [-0.25, -0.2) is 8.42 Å². The first-order chi connectivity index (χ1) is 7.01. The van der Waals surface area contributed by atoms with Crippen LogP contribution in [0.4, 0.5) is 0 Å². The standard InChI is InChI=1S/C8H15NO5S/c1-14-8(11)6-15(12,13)9-4-2-3-7(9)5-10/h7,10H,2-6H2,1H3/t7-/m0/s1. The quantitative estimate of drug-likeness (QED) is 0.630. The van der Waals surface area contributed by atoms with Crippen LogP contribution in [0.25, 0.3) is 0 Å². The number of methoxy groups -OCH3 is 1. The van der Waals surface area contributed by atoms with Gasteiger partial charge in [0.1, 0.15) is 0 Å². The van der Waals surface area contributed by atoms with E-state index in [1.165, 1.54) is 4.31 Å². The number of aliphatic hydroxyl groups excluding tert-OH is 1. The molecule has 1 rings (SSSR count). The Hall–Kier alpha value is -0.660. The van der Waals surface area contributed by atoms with Gasteiger partial charge in [-0.15, -0.1) is 0 Å². The van der Waals surface area contributed by atoms with E-state index in [0.29, 0.717) is 19.4 Å². The molecule has 0 saturated carbocycles. The van der Waals surface area contributed by atoms with Crippen molar-refractivity contribution >= 4 is 16.0 Å². The fraction of sp³-hybridized carbons (Fsp3) is 0.875. The van der Waals surface area contributed by atoms with Crippen molar-refractivity contribution in [3.8, 4) is 0 Å². The van der Waals surface area contributed by atoms with Crippen LogP contribution in [0, 0.1) is 0 Å². The maximum Gasteiger partial charge on any atom is 0.322 e. The van der Waals surface area contributed by atoms with Crippen LogP contribution in [0.3, 0.4) is 0 Å². The molecule has 1 fully saturated rings. The maximum atomic E-state index is 11.7. The van der Waals surface area contributed by atoms with Crippen LogP contribution in [0.15, 0.2) is 0 Å². The molecule has 0 aromatic rings. The van der Waals surface area contributed by atoms with Crippen molar-refractivity contribution in [1.29, 1.82) is 0 Å². The number of sulfonamides is 1. The molecule has 0 spiro atoms. The molecule has 88 valence electrons. The summed E-state index contributed by atoms with van der Waals surface area (Å²) < 4.78 is 28.9. The van der Waals surface area contributed by atoms with Gasteiger partial charge < -0.3 is 9.84 Å². The SMILES string of the molecule is COC(=O)CS(=O)(=O)N1CCC[C@H]1CO. The Labute approximate surface area is 88.9 Å². The van der Waals surface area contributed by atoms with Crippen LogP contribution in [-0.2, 0) is 19.6 Å². The van der Waals surface area contributed by atoms with Crippen LogP contribution in [0.5, 0.6) is 0 Å². The predicted octanol–water partition coefficient (Wildman–Crippen LogP) is -1.05. The van der Waals surface area contributed by atoms with E-state index in [0.717, 1.165) is 7.11 Å². The second-order valence-corrected chi connectivity index (χ2v) is 5.34. The topological polar surface area (TPSA) is 83.9 Å². The predicted molar refractivity (Wildman–Crippen MR) is 52.6 cm³/mol. The summed E-state index contributed by atoms with van der Waals surface area (Å²) in [6.07, 6.45) is 1.35. The van der Waals surface area contributed by atoms with Crippen LogP contribution in [-0.4, -0.2) is 55.9 Å². The lowest BCUT2D eigenvalue weighted by atomic mass is 10.2. The van der Waals surface area contributed by atoms with Crippen LogP contribution < -0.4 is 0 Å². The van der Waals surface area contributed by atoms with Crippen molar-refractivity contribution in [3.05, 3.63) is 0 Å². The van der Waals surface area contributed by atoms with Gasteiger partial charge >= 0.3 is 5.97 Å². The molecule has 1 heterocycles. The van der Waals surface area contributed by atoms with E-state index < -0.39 is 21.7 Å². The second kappa shape index (κ2) is 4.91. The molecule has 6 nitrogen and oxygen atoms in total. The van der Waals surface area contributed by atoms with Crippen molar-refractivity contribution in [2.24, 2.45) is 0 Å². The summed E-state index contributed by atoms with van der Waals surface area (Å²) in [5, 5.41) is 8.97. The highest BCUT2D eigenvalue weighted by molar-refractivity contribution is 7.89. The number of carbonyl (C=O) groups excluding carboxylic acids is 1. The third-order valence-electron chi connectivity index (χ3n) is 2.42. The van der Waals surface area contributed by atoms with Crippen molar-refractivity contribution in [1.82, 2.24) is 4.31 Å². The van der Waals surface area contributed by atoms with Crippen LogP contribution >= 0.6 is 0 Å². The first kappa shape index (κ1) is 12.4. The Balaban J connectivity index is 2.72. The van der Waals surface area contributed by atoms with Crippen molar-refractivity contribution in [2.45, 2.75) is 18.9 Å². The number of hydrogen-bond acceptors (Lipinski definition) is 5. The van der Waals surface area contributed by atoms with E-state index in [-0.39, 0.29) is 12.6 Å². The summed E-state index contributed by atoms with van der Waals surface area (Å²) >= 11 is 0. The molecule has 0 radical (unpaired) electrons. The third kappa shape index (κ3) is 2.90. The number of esters is 1. The first-order valence-corrected chi connectivity index (χ1v) is 6.29. The van der Waals surface area contributed by atoms with Gasteiger partial charge in [0.25, 0.3) is 0 Å². The number of hydrogen-bond donors (Lipinski definition) is 1. The Morgan fingerprint density at radius 3 is 2.80 bits per heavy atom. The minimum Gasteiger partial charge on any atom is -0.468 e. The molecule has 1 saturated heterocycles. The Morgan fingerprint density at radius 1 is 1.60 bits per heavy atom. The Bertz CT molecular complexity index is 326. The van der Waals surface area contributed by atoms with Crippen LogP contribution in [0.1, 0.15) is 12.8 Å². The molecule has 0 unspecified atom stereocenters. The number of carbonyl (C=O) groups is 1. The van der Waals surface area contributed by atoms with Gasteiger partial charge in [0.05, 0.1) is 13.7 Å². The third-order valence-corrected chi connectivity index (χ3v) is 4.21. The maximum absolute atomic E-state index is 11.7. The zero-order valence-electron chi connectivity index (χ0n) is 8.55. The zero-order valence-corrected chi connectivity index (χ0v) is 9.37.